The second-order valence-corrected chi connectivity index (χ2v) is 5.43. The number of hydrogen-bond acceptors (Lipinski definition) is 3. The highest BCUT2D eigenvalue weighted by atomic mass is 35.7. The summed E-state index contributed by atoms with van der Waals surface area (Å²) in [6.07, 6.45) is 0.272. The van der Waals surface area contributed by atoms with E-state index in [4.69, 9.17) is 15.9 Å². The van der Waals surface area contributed by atoms with Crippen LogP contribution in [0.15, 0.2) is 23.1 Å². The molecule has 3 nitrogen and oxygen atoms in total. The van der Waals surface area contributed by atoms with E-state index in [0.29, 0.717) is 0 Å². The molecule has 0 aliphatic carbocycles. The van der Waals surface area contributed by atoms with Crippen molar-refractivity contribution in [1.29, 1.82) is 5.26 Å². The summed E-state index contributed by atoms with van der Waals surface area (Å²) in [7, 11) is 1.50. The molecule has 1 rings (SSSR count). The average molecular weight is 230 g/mol. The summed E-state index contributed by atoms with van der Waals surface area (Å²) in [6.45, 7) is 1.75. The van der Waals surface area contributed by atoms with Crippen LogP contribution in [0.2, 0.25) is 0 Å². The van der Waals surface area contributed by atoms with Gasteiger partial charge in [0, 0.05) is 10.7 Å². The Morgan fingerprint density at radius 2 is 2.14 bits per heavy atom. The molecular formula is C9H8ClNO2S. The number of nitriles is 1. The van der Waals surface area contributed by atoms with Gasteiger partial charge in [-0.1, -0.05) is 6.07 Å². The predicted molar refractivity (Wildman–Crippen MR) is 53.5 cm³/mol. The van der Waals surface area contributed by atoms with Crippen LogP contribution >= 0.6 is 10.7 Å². The zero-order valence-electron chi connectivity index (χ0n) is 7.49. The largest absolute Gasteiger partial charge is 0.261 e. The third-order valence-corrected chi connectivity index (χ3v) is 3.22. The van der Waals surface area contributed by atoms with Crippen molar-refractivity contribution in [2.75, 3.05) is 0 Å². The summed E-state index contributed by atoms with van der Waals surface area (Å²) in [5.74, 6) is 0. The molecule has 0 spiro atoms. The van der Waals surface area contributed by atoms with Crippen LogP contribution in [0.5, 0.6) is 0 Å². The minimum Gasteiger partial charge on any atom is -0.207 e. The van der Waals surface area contributed by atoms with Gasteiger partial charge < -0.3 is 0 Å². The molecule has 0 aliphatic rings. The third-order valence-electron chi connectivity index (χ3n) is 1.87. The zero-order valence-corrected chi connectivity index (χ0v) is 9.06. The molecule has 0 atom stereocenters. The molecule has 0 saturated heterocycles. The monoisotopic (exact) mass is 229 g/mol. The number of halogens is 1. The van der Waals surface area contributed by atoms with Gasteiger partial charge in [0.05, 0.1) is 17.4 Å². The Balaban J connectivity index is 3.21. The van der Waals surface area contributed by atoms with Crippen molar-refractivity contribution in [3.05, 3.63) is 29.3 Å². The topological polar surface area (TPSA) is 57.9 Å². The molecule has 0 unspecified atom stereocenters. The van der Waals surface area contributed by atoms with E-state index in [0.717, 1.165) is 11.1 Å². The second-order valence-electron chi connectivity index (χ2n) is 2.86. The van der Waals surface area contributed by atoms with Crippen molar-refractivity contribution in [2.24, 2.45) is 0 Å². The van der Waals surface area contributed by atoms with Gasteiger partial charge in [-0.15, -0.1) is 0 Å². The van der Waals surface area contributed by atoms with Gasteiger partial charge in [0.1, 0.15) is 0 Å². The lowest BCUT2D eigenvalue weighted by molar-refractivity contribution is 0.609. The number of benzene rings is 1. The maximum absolute atomic E-state index is 11.0. The second kappa shape index (κ2) is 3.99. The van der Waals surface area contributed by atoms with Crippen LogP contribution in [0.4, 0.5) is 0 Å². The normalized spacial score (nSPS) is 10.9. The average Bonchev–Trinajstić information content (AvgIpc) is 2.07. The molecule has 74 valence electrons. The summed E-state index contributed by atoms with van der Waals surface area (Å²) in [5, 5.41) is 8.48. The van der Waals surface area contributed by atoms with Crippen molar-refractivity contribution >= 4 is 19.7 Å². The van der Waals surface area contributed by atoms with E-state index in [2.05, 4.69) is 0 Å². The maximum atomic E-state index is 11.0. The summed E-state index contributed by atoms with van der Waals surface area (Å²) in [5.41, 5.74) is 1.57. The fourth-order valence-electron chi connectivity index (χ4n) is 1.10. The minimum atomic E-state index is -3.67. The van der Waals surface area contributed by atoms with E-state index < -0.39 is 9.05 Å². The van der Waals surface area contributed by atoms with Gasteiger partial charge in [-0.3, -0.25) is 0 Å². The van der Waals surface area contributed by atoms with Gasteiger partial charge in [-0.05, 0) is 30.2 Å². The summed E-state index contributed by atoms with van der Waals surface area (Å²) < 4.78 is 21.9. The molecule has 0 amide bonds. The van der Waals surface area contributed by atoms with Crippen LogP contribution in [0.1, 0.15) is 11.1 Å². The number of aryl methyl sites for hydroxylation is 1. The summed E-state index contributed by atoms with van der Waals surface area (Å²) in [6, 6.07) is 6.48. The SMILES string of the molecule is Cc1cc(S(=O)(=O)Cl)ccc1CC#N. The predicted octanol–water partition coefficient (Wildman–Crippen LogP) is 1.99. The quantitative estimate of drug-likeness (QED) is 0.729. The highest BCUT2D eigenvalue weighted by Gasteiger charge is 2.10. The van der Waals surface area contributed by atoms with Gasteiger partial charge in [-0.25, -0.2) is 8.42 Å². The molecule has 1 aromatic carbocycles. The lowest BCUT2D eigenvalue weighted by Gasteiger charge is -2.02. The van der Waals surface area contributed by atoms with Gasteiger partial charge in [0.15, 0.2) is 0 Å². The first-order chi connectivity index (χ1) is 6.45. The number of rotatable bonds is 2. The van der Waals surface area contributed by atoms with E-state index >= 15 is 0 Å². The molecular weight excluding hydrogens is 222 g/mol. The summed E-state index contributed by atoms with van der Waals surface area (Å²) in [4.78, 5) is 0.0679. The fourth-order valence-corrected chi connectivity index (χ4v) is 1.94. The minimum absolute atomic E-state index is 0.0679. The molecule has 0 bridgehead atoms. The highest BCUT2D eigenvalue weighted by molar-refractivity contribution is 8.13. The number of hydrogen-bond donors (Lipinski definition) is 0. The standard InChI is InChI=1S/C9H8ClNO2S/c1-7-6-9(14(10,12)13)3-2-8(7)4-5-11/h2-3,6H,4H2,1H3. The first kappa shape index (κ1) is 11.0. The van der Waals surface area contributed by atoms with E-state index in [-0.39, 0.29) is 11.3 Å². The Morgan fingerprint density at radius 1 is 1.50 bits per heavy atom. The molecule has 1 aromatic rings. The van der Waals surface area contributed by atoms with Gasteiger partial charge in [0.25, 0.3) is 9.05 Å². The van der Waals surface area contributed by atoms with Crippen LogP contribution in [0, 0.1) is 18.3 Å². The first-order valence-electron chi connectivity index (χ1n) is 3.86. The Hall–Kier alpha value is -1.05. The molecule has 0 radical (unpaired) electrons. The molecule has 0 aromatic heterocycles. The molecule has 0 fully saturated rings. The molecule has 0 aliphatic heterocycles. The summed E-state index contributed by atoms with van der Waals surface area (Å²) >= 11 is 0. The molecule has 0 saturated carbocycles. The Morgan fingerprint density at radius 3 is 2.57 bits per heavy atom. The van der Waals surface area contributed by atoms with Crippen molar-refractivity contribution in [1.82, 2.24) is 0 Å². The zero-order chi connectivity index (χ0) is 10.8. The lowest BCUT2D eigenvalue weighted by Crippen LogP contribution is -1.94. The van der Waals surface area contributed by atoms with Gasteiger partial charge in [0.2, 0.25) is 0 Å². The molecule has 0 N–H and O–H groups in total. The Labute approximate surface area is 87.4 Å². The molecule has 5 heteroatoms. The molecule has 14 heavy (non-hydrogen) atoms. The van der Waals surface area contributed by atoms with Crippen molar-refractivity contribution < 1.29 is 8.42 Å². The van der Waals surface area contributed by atoms with E-state index in [1.807, 2.05) is 6.07 Å². The first-order valence-corrected chi connectivity index (χ1v) is 6.17. The van der Waals surface area contributed by atoms with Crippen LogP contribution in [0.3, 0.4) is 0 Å². The third kappa shape index (κ3) is 2.47. The smallest absolute Gasteiger partial charge is 0.207 e. The maximum Gasteiger partial charge on any atom is 0.261 e. The van der Waals surface area contributed by atoms with Crippen molar-refractivity contribution in [3.8, 4) is 6.07 Å². The van der Waals surface area contributed by atoms with Crippen molar-refractivity contribution in [3.63, 3.8) is 0 Å². The highest BCUT2D eigenvalue weighted by Crippen LogP contribution is 2.18. The fraction of sp³-hybridized carbons (Fsp3) is 0.222. The Bertz CT molecular complexity index is 488. The van der Waals surface area contributed by atoms with E-state index in [1.165, 1.54) is 12.1 Å². The number of nitrogens with zero attached hydrogens (tertiary/aromatic N) is 1. The van der Waals surface area contributed by atoms with Gasteiger partial charge >= 0.3 is 0 Å². The van der Waals surface area contributed by atoms with E-state index in [1.54, 1.807) is 13.0 Å². The Kier molecular flexibility index (Phi) is 3.14. The lowest BCUT2D eigenvalue weighted by atomic mass is 10.1. The van der Waals surface area contributed by atoms with Crippen LogP contribution < -0.4 is 0 Å². The van der Waals surface area contributed by atoms with Crippen LogP contribution in [-0.2, 0) is 15.5 Å². The molecule has 0 heterocycles. The van der Waals surface area contributed by atoms with Gasteiger partial charge in [-0.2, -0.15) is 5.26 Å². The van der Waals surface area contributed by atoms with Crippen molar-refractivity contribution in [2.45, 2.75) is 18.2 Å². The van der Waals surface area contributed by atoms with E-state index in [9.17, 15) is 8.42 Å². The van der Waals surface area contributed by atoms with Crippen LogP contribution in [0.25, 0.3) is 0 Å². The van der Waals surface area contributed by atoms with Crippen LogP contribution in [-0.4, -0.2) is 8.42 Å².